The van der Waals surface area contributed by atoms with Crippen molar-refractivity contribution < 1.29 is 18.5 Å². The molecule has 0 amide bonds. The largest absolute Gasteiger partial charge is 0.496 e. The van der Waals surface area contributed by atoms with Crippen LogP contribution in [0.4, 0.5) is 5.69 Å². The summed E-state index contributed by atoms with van der Waals surface area (Å²) in [5.74, 6) is 1.13. The third kappa shape index (κ3) is 7.70. The molecule has 2 aromatic carbocycles. The number of rotatable bonds is 9. The van der Waals surface area contributed by atoms with E-state index in [4.69, 9.17) is 15.2 Å². The molecule has 10 heteroatoms. The number of carbonyl (C=O) groups excluding carboxylic acids is 1. The SMILES string of the molecule is CNS(=O)c1ccc(N=C/C=C\N)cc1OC.COc1cc(Cn2cccn2)ccc1C=O. The zero-order valence-electron chi connectivity index (χ0n) is 18.7. The Balaban J connectivity index is 0.000000234. The minimum Gasteiger partial charge on any atom is -0.496 e. The maximum Gasteiger partial charge on any atom is 0.153 e. The third-order valence-electron chi connectivity index (χ3n) is 4.28. The molecular weight excluding hydrogens is 442 g/mol. The van der Waals surface area contributed by atoms with Crippen molar-refractivity contribution >= 4 is 29.2 Å². The highest BCUT2D eigenvalue weighted by molar-refractivity contribution is 7.83. The van der Waals surface area contributed by atoms with Gasteiger partial charge in [-0.05, 0) is 55.2 Å². The van der Waals surface area contributed by atoms with Crippen molar-refractivity contribution in [1.82, 2.24) is 14.5 Å². The van der Waals surface area contributed by atoms with Gasteiger partial charge in [0.2, 0.25) is 0 Å². The van der Waals surface area contributed by atoms with Crippen molar-refractivity contribution in [2.24, 2.45) is 10.7 Å². The Hall–Kier alpha value is -3.76. The van der Waals surface area contributed by atoms with Crippen LogP contribution in [0, 0.1) is 0 Å². The van der Waals surface area contributed by atoms with Crippen molar-refractivity contribution in [2.45, 2.75) is 11.4 Å². The van der Waals surface area contributed by atoms with Crippen LogP contribution in [0.25, 0.3) is 0 Å². The molecule has 1 aromatic heterocycles. The van der Waals surface area contributed by atoms with E-state index in [-0.39, 0.29) is 0 Å². The van der Waals surface area contributed by atoms with Gasteiger partial charge in [-0.3, -0.25) is 14.5 Å². The second-order valence-electron chi connectivity index (χ2n) is 6.37. The average molecular weight is 470 g/mol. The van der Waals surface area contributed by atoms with E-state index in [1.54, 1.807) is 56.9 Å². The Bertz CT molecular complexity index is 1110. The summed E-state index contributed by atoms with van der Waals surface area (Å²) in [5.41, 5.74) is 7.50. The van der Waals surface area contributed by atoms with Crippen LogP contribution in [0.15, 0.2) is 77.0 Å². The van der Waals surface area contributed by atoms with Gasteiger partial charge in [-0.1, -0.05) is 6.07 Å². The fraction of sp³-hybridized carbons (Fsp3) is 0.174. The standard InChI is InChI=1S/C12H12N2O2.C11H15N3O2S/c1-16-12-7-10(3-4-11(12)9-15)8-14-6-2-5-13-14;1-13-17(15)11-5-4-9(8-10(11)16-2)14-7-3-6-12/h2-7,9H,8H2,1H3;3-8,13H,12H2,1-2H3/b;6-3-,14-7?. The van der Waals surface area contributed by atoms with E-state index >= 15 is 0 Å². The van der Waals surface area contributed by atoms with Gasteiger partial charge in [-0.15, -0.1) is 0 Å². The molecule has 1 heterocycles. The summed E-state index contributed by atoms with van der Waals surface area (Å²) in [6.07, 6.45) is 8.99. The summed E-state index contributed by atoms with van der Waals surface area (Å²) >= 11 is 0. The molecule has 3 rings (SSSR count). The zero-order chi connectivity index (χ0) is 24.1. The van der Waals surface area contributed by atoms with E-state index in [2.05, 4.69) is 14.8 Å². The van der Waals surface area contributed by atoms with Gasteiger partial charge in [-0.25, -0.2) is 8.93 Å². The van der Waals surface area contributed by atoms with Crippen LogP contribution in [0.5, 0.6) is 11.5 Å². The predicted molar refractivity (Wildman–Crippen MR) is 130 cm³/mol. The first-order valence-corrected chi connectivity index (χ1v) is 11.0. The van der Waals surface area contributed by atoms with Crippen LogP contribution >= 0.6 is 0 Å². The van der Waals surface area contributed by atoms with Crippen molar-refractivity contribution in [3.05, 3.63) is 78.3 Å². The van der Waals surface area contributed by atoms with Gasteiger partial charge < -0.3 is 15.2 Å². The molecule has 0 spiro atoms. The highest BCUT2D eigenvalue weighted by Gasteiger charge is 2.09. The third-order valence-corrected chi connectivity index (χ3v) is 5.39. The smallest absolute Gasteiger partial charge is 0.153 e. The number of aliphatic imine (C=N–C) groups is 1. The minimum absolute atomic E-state index is 0.532. The second kappa shape index (κ2) is 13.6. The van der Waals surface area contributed by atoms with Crippen LogP contribution in [0.2, 0.25) is 0 Å². The number of nitrogens with zero attached hydrogens (tertiary/aromatic N) is 3. The van der Waals surface area contributed by atoms with Crippen LogP contribution in [0.3, 0.4) is 0 Å². The molecule has 3 N–H and O–H groups in total. The first-order valence-electron chi connectivity index (χ1n) is 9.83. The lowest BCUT2D eigenvalue weighted by atomic mass is 10.1. The van der Waals surface area contributed by atoms with Crippen LogP contribution in [-0.4, -0.2) is 47.8 Å². The van der Waals surface area contributed by atoms with Gasteiger partial charge in [0.05, 0.1) is 36.9 Å². The van der Waals surface area contributed by atoms with Crippen molar-refractivity contribution in [1.29, 1.82) is 0 Å². The van der Waals surface area contributed by atoms with E-state index in [0.29, 0.717) is 34.2 Å². The van der Waals surface area contributed by atoms with Crippen molar-refractivity contribution in [3.63, 3.8) is 0 Å². The summed E-state index contributed by atoms with van der Waals surface area (Å²) in [5, 5.41) is 4.12. The lowest BCUT2D eigenvalue weighted by Gasteiger charge is -2.07. The highest BCUT2D eigenvalue weighted by Crippen LogP contribution is 2.26. The number of ether oxygens (including phenoxy) is 2. The van der Waals surface area contributed by atoms with Gasteiger partial charge in [0.1, 0.15) is 22.5 Å². The number of aromatic nitrogens is 2. The summed E-state index contributed by atoms with van der Waals surface area (Å²) in [6.45, 7) is 0.669. The quantitative estimate of drug-likeness (QED) is 0.367. The molecule has 0 fully saturated rings. The average Bonchev–Trinajstić information content (AvgIpc) is 3.37. The van der Waals surface area contributed by atoms with E-state index < -0.39 is 11.0 Å². The van der Waals surface area contributed by atoms with E-state index in [0.717, 1.165) is 11.8 Å². The normalized spacial score (nSPS) is 11.7. The monoisotopic (exact) mass is 469 g/mol. The molecule has 1 unspecified atom stereocenters. The summed E-state index contributed by atoms with van der Waals surface area (Å²) < 4.78 is 26.4. The van der Waals surface area contributed by atoms with E-state index in [9.17, 15) is 9.00 Å². The number of hydrogen-bond donors (Lipinski definition) is 2. The van der Waals surface area contributed by atoms with Crippen LogP contribution in [-0.2, 0) is 17.5 Å². The van der Waals surface area contributed by atoms with Gasteiger partial charge in [0, 0.05) is 24.7 Å². The van der Waals surface area contributed by atoms with Crippen LogP contribution in [0.1, 0.15) is 15.9 Å². The number of hydrogen-bond acceptors (Lipinski definition) is 7. The fourth-order valence-electron chi connectivity index (χ4n) is 2.71. The molecule has 9 nitrogen and oxygen atoms in total. The lowest BCUT2D eigenvalue weighted by Crippen LogP contribution is -2.11. The summed E-state index contributed by atoms with van der Waals surface area (Å²) in [7, 11) is 3.42. The molecule has 174 valence electrons. The molecule has 0 saturated heterocycles. The number of benzene rings is 2. The van der Waals surface area contributed by atoms with E-state index in [1.165, 1.54) is 13.3 Å². The topological polar surface area (TPSA) is 121 Å². The number of methoxy groups -OCH3 is 2. The van der Waals surface area contributed by atoms with E-state index in [1.807, 2.05) is 29.1 Å². The Morgan fingerprint density at radius 3 is 2.58 bits per heavy atom. The summed E-state index contributed by atoms with van der Waals surface area (Å²) in [6, 6.07) is 12.6. The first kappa shape index (κ1) is 25.5. The van der Waals surface area contributed by atoms with Crippen LogP contribution < -0.4 is 19.9 Å². The fourth-order valence-corrected chi connectivity index (χ4v) is 3.45. The lowest BCUT2D eigenvalue weighted by molar-refractivity contribution is 0.112. The molecule has 3 aromatic rings. The molecule has 0 aliphatic heterocycles. The molecule has 0 bridgehead atoms. The first-order chi connectivity index (χ1) is 16.1. The summed E-state index contributed by atoms with van der Waals surface area (Å²) in [4.78, 5) is 15.4. The predicted octanol–water partition coefficient (Wildman–Crippen LogP) is 2.86. The molecule has 0 aliphatic rings. The number of allylic oxidation sites excluding steroid dienone is 1. The number of aldehydes is 1. The molecule has 33 heavy (non-hydrogen) atoms. The molecule has 0 saturated carbocycles. The highest BCUT2D eigenvalue weighted by atomic mass is 32.2. The molecular formula is C23H27N5O4S. The number of carbonyl (C=O) groups is 1. The maximum absolute atomic E-state index is 11.6. The number of nitrogens with two attached hydrogens (primary N) is 1. The zero-order valence-corrected chi connectivity index (χ0v) is 19.5. The molecule has 1 atom stereocenters. The molecule has 0 aliphatic carbocycles. The van der Waals surface area contributed by atoms with Gasteiger partial charge in [0.25, 0.3) is 0 Å². The van der Waals surface area contributed by atoms with Crippen molar-refractivity contribution in [2.75, 3.05) is 21.3 Å². The Morgan fingerprint density at radius 1 is 1.18 bits per heavy atom. The minimum atomic E-state index is -1.28. The number of nitrogens with one attached hydrogen (secondary N) is 1. The van der Waals surface area contributed by atoms with Crippen molar-refractivity contribution in [3.8, 4) is 11.5 Å². The van der Waals surface area contributed by atoms with Gasteiger partial charge >= 0.3 is 0 Å². The molecule has 0 radical (unpaired) electrons. The van der Waals surface area contributed by atoms with Gasteiger partial charge in [-0.2, -0.15) is 5.10 Å². The maximum atomic E-state index is 11.6. The second-order valence-corrected chi connectivity index (χ2v) is 7.75. The Morgan fingerprint density at radius 2 is 1.97 bits per heavy atom. The Kier molecular flexibility index (Phi) is 10.5. The van der Waals surface area contributed by atoms with Gasteiger partial charge in [0.15, 0.2) is 6.29 Å². The Labute approximate surface area is 195 Å².